The molecular formula is C24H29NO2S. The summed E-state index contributed by atoms with van der Waals surface area (Å²) in [4.78, 5) is 12.6. The van der Waals surface area contributed by atoms with Crippen molar-refractivity contribution in [3.63, 3.8) is 0 Å². The van der Waals surface area contributed by atoms with Crippen LogP contribution in [0, 0.1) is 6.92 Å². The first-order chi connectivity index (χ1) is 13.5. The fourth-order valence-corrected chi connectivity index (χ4v) is 5.72. The first kappa shape index (κ1) is 19.4. The van der Waals surface area contributed by atoms with Crippen molar-refractivity contribution in [2.45, 2.75) is 62.8 Å². The van der Waals surface area contributed by atoms with Gasteiger partial charge >= 0.3 is 0 Å². The predicted octanol–water partition coefficient (Wildman–Crippen LogP) is 5.74. The molecule has 1 N–H and O–H groups in total. The highest BCUT2D eigenvalue weighted by atomic mass is 32.2. The van der Waals surface area contributed by atoms with Gasteiger partial charge < -0.3 is 10.1 Å². The molecule has 28 heavy (non-hydrogen) atoms. The van der Waals surface area contributed by atoms with Crippen molar-refractivity contribution >= 4 is 17.7 Å². The molecule has 0 aromatic heterocycles. The van der Waals surface area contributed by atoms with Gasteiger partial charge in [-0.25, -0.2) is 0 Å². The molecule has 3 nitrogen and oxygen atoms in total. The fraction of sp³-hybridized carbons (Fsp3) is 0.458. The molecule has 1 saturated carbocycles. The van der Waals surface area contributed by atoms with E-state index in [9.17, 15) is 4.79 Å². The van der Waals surface area contributed by atoms with E-state index < -0.39 is 0 Å². The van der Waals surface area contributed by atoms with E-state index in [0.29, 0.717) is 11.0 Å². The van der Waals surface area contributed by atoms with E-state index in [4.69, 9.17) is 4.74 Å². The van der Waals surface area contributed by atoms with Crippen LogP contribution in [0.3, 0.4) is 0 Å². The summed E-state index contributed by atoms with van der Waals surface area (Å²) < 4.78 is 6.48. The van der Waals surface area contributed by atoms with Crippen LogP contribution in [0.5, 0.6) is 5.75 Å². The second kappa shape index (κ2) is 8.20. The molecule has 2 aromatic carbocycles. The summed E-state index contributed by atoms with van der Waals surface area (Å²) in [6, 6.07) is 16.6. The number of ether oxygens (including phenoxy) is 1. The SMILES string of the molecule is Cc1ccc2c(c1)C(SCC(=O)NC(C)c1ccccc1)CC1(CCCC1)O2. The molecule has 2 atom stereocenters. The Kier molecular flexibility index (Phi) is 5.68. The van der Waals surface area contributed by atoms with E-state index >= 15 is 0 Å². The molecule has 1 spiro atoms. The largest absolute Gasteiger partial charge is 0.487 e. The average molecular weight is 396 g/mol. The number of hydrogen-bond acceptors (Lipinski definition) is 3. The van der Waals surface area contributed by atoms with Crippen molar-refractivity contribution in [3.05, 3.63) is 65.2 Å². The second-order valence-corrected chi connectivity index (χ2v) is 9.43. The number of nitrogens with one attached hydrogen (secondary N) is 1. The average Bonchev–Trinajstić information content (AvgIpc) is 3.15. The van der Waals surface area contributed by atoms with Crippen LogP contribution in [0.1, 0.15) is 67.0 Å². The van der Waals surface area contributed by atoms with E-state index in [2.05, 4.69) is 42.6 Å². The predicted molar refractivity (Wildman–Crippen MR) is 116 cm³/mol. The number of amides is 1. The number of carbonyl (C=O) groups is 1. The van der Waals surface area contributed by atoms with E-state index in [0.717, 1.165) is 30.6 Å². The molecule has 148 valence electrons. The molecule has 2 aromatic rings. The Balaban J connectivity index is 1.43. The number of carbonyl (C=O) groups excluding carboxylic acids is 1. The van der Waals surface area contributed by atoms with Gasteiger partial charge in [0.15, 0.2) is 0 Å². The maximum absolute atomic E-state index is 12.6. The number of hydrogen-bond donors (Lipinski definition) is 1. The van der Waals surface area contributed by atoms with Crippen LogP contribution in [0.25, 0.3) is 0 Å². The highest BCUT2D eigenvalue weighted by molar-refractivity contribution is 8.00. The van der Waals surface area contributed by atoms with Crippen LogP contribution in [-0.2, 0) is 4.79 Å². The quantitative estimate of drug-likeness (QED) is 0.701. The molecule has 0 bridgehead atoms. The Labute approximate surface area is 172 Å². The molecule has 0 saturated heterocycles. The van der Waals surface area contributed by atoms with Gasteiger partial charge in [0, 0.05) is 17.2 Å². The summed E-state index contributed by atoms with van der Waals surface area (Å²) in [6.45, 7) is 4.16. The van der Waals surface area contributed by atoms with Crippen molar-refractivity contribution in [1.29, 1.82) is 0 Å². The number of aryl methyl sites for hydroxylation is 1. The van der Waals surface area contributed by atoms with E-state index in [1.807, 2.05) is 25.1 Å². The zero-order valence-electron chi connectivity index (χ0n) is 16.7. The van der Waals surface area contributed by atoms with E-state index in [1.54, 1.807) is 11.8 Å². The lowest BCUT2D eigenvalue weighted by atomic mass is 9.88. The summed E-state index contributed by atoms with van der Waals surface area (Å²) in [5.74, 6) is 1.60. The number of benzene rings is 2. The third kappa shape index (κ3) is 4.22. The van der Waals surface area contributed by atoms with E-state index in [1.165, 1.54) is 24.0 Å². The maximum atomic E-state index is 12.6. The zero-order chi connectivity index (χ0) is 19.6. The van der Waals surface area contributed by atoms with Crippen molar-refractivity contribution in [3.8, 4) is 5.75 Å². The summed E-state index contributed by atoms with van der Waals surface area (Å²) in [5.41, 5.74) is 3.62. The molecule has 2 unspecified atom stereocenters. The van der Waals surface area contributed by atoms with Crippen molar-refractivity contribution in [2.75, 3.05) is 5.75 Å². The zero-order valence-corrected chi connectivity index (χ0v) is 17.6. The van der Waals surface area contributed by atoms with Crippen LogP contribution in [0.2, 0.25) is 0 Å². The topological polar surface area (TPSA) is 38.3 Å². The summed E-state index contributed by atoms with van der Waals surface area (Å²) in [6.07, 6.45) is 5.76. The molecule has 4 rings (SSSR count). The first-order valence-corrected chi connectivity index (χ1v) is 11.4. The van der Waals surface area contributed by atoms with Gasteiger partial charge in [-0.1, -0.05) is 48.0 Å². The van der Waals surface area contributed by atoms with Gasteiger partial charge in [-0.05, 0) is 51.2 Å². The Morgan fingerprint density at radius 3 is 2.71 bits per heavy atom. The smallest absolute Gasteiger partial charge is 0.230 e. The summed E-state index contributed by atoms with van der Waals surface area (Å²) in [7, 11) is 0. The monoisotopic (exact) mass is 395 g/mol. The Morgan fingerprint density at radius 1 is 1.21 bits per heavy atom. The van der Waals surface area contributed by atoms with Gasteiger partial charge in [-0.3, -0.25) is 4.79 Å². The van der Waals surface area contributed by atoms with Crippen molar-refractivity contribution < 1.29 is 9.53 Å². The van der Waals surface area contributed by atoms with Gasteiger partial charge in [0.2, 0.25) is 5.91 Å². The lowest BCUT2D eigenvalue weighted by Gasteiger charge is -2.40. The van der Waals surface area contributed by atoms with Crippen molar-refractivity contribution in [1.82, 2.24) is 5.32 Å². The molecule has 1 amide bonds. The maximum Gasteiger partial charge on any atom is 0.230 e. The lowest BCUT2D eigenvalue weighted by Crippen LogP contribution is -2.38. The highest BCUT2D eigenvalue weighted by Gasteiger charge is 2.43. The van der Waals surface area contributed by atoms with Gasteiger partial charge in [0.05, 0.1) is 11.8 Å². The fourth-order valence-electron chi connectivity index (χ4n) is 4.49. The third-order valence-electron chi connectivity index (χ3n) is 6.00. The Morgan fingerprint density at radius 2 is 1.96 bits per heavy atom. The third-order valence-corrected chi connectivity index (χ3v) is 7.26. The molecule has 1 heterocycles. The van der Waals surface area contributed by atoms with Gasteiger partial charge in [-0.2, -0.15) is 0 Å². The first-order valence-electron chi connectivity index (χ1n) is 10.3. The molecule has 1 aliphatic heterocycles. The standard InChI is InChI=1S/C24H29NO2S/c1-17-10-11-21-20(14-17)22(15-24(27-21)12-6-7-13-24)28-16-23(26)25-18(2)19-8-4-3-5-9-19/h3-5,8-11,14,18,22H,6-7,12-13,15-16H2,1-2H3,(H,25,26). The van der Waals surface area contributed by atoms with Crippen LogP contribution >= 0.6 is 11.8 Å². The van der Waals surface area contributed by atoms with Crippen LogP contribution < -0.4 is 10.1 Å². The van der Waals surface area contributed by atoms with Gasteiger partial charge in [-0.15, -0.1) is 11.8 Å². The minimum Gasteiger partial charge on any atom is -0.487 e. The molecule has 2 aliphatic rings. The molecule has 0 radical (unpaired) electrons. The Bertz CT molecular complexity index is 830. The molecular weight excluding hydrogens is 366 g/mol. The molecule has 1 fully saturated rings. The number of fused-ring (bicyclic) bond motifs is 1. The number of rotatable bonds is 5. The van der Waals surface area contributed by atoms with E-state index in [-0.39, 0.29) is 17.6 Å². The van der Waals surface area contributed by atoms with Crippen LogP contribution in [0.4, 0.5) is 0 Å². The normalized spacial score (nSPS) is 21.0. The van der Waals surface area contributed by atoms with Crippen LogP contribution in [-0.4, -0.2) is 17.3 Å². The minimum absolute atomic E-state index is 0.0201. The second-order valence-electron chi connectivity index (χ2n) is 8.24. The number of thioether (sulfide) groups is 1. The summed E-state index contributed by atoms with van der Waals surface area (Å²) in [5, 5.41) is 3.46. The molecule has 1 aliphatic carbocycles. The van der Waals surface area contributed by atoms with Crippen molar-refractivity contribution in [2.24, 2.45) is 0 Å². The lowest BCUT2D eigenvalue weighted by molar-refractivity contribution is -0.119. The van der Waals surface area contributed by atoms with Crippen LogP contribution in [0.15, 0.2) is 48.5 Å². The van der Waals surface area contributed by atoms with Gasteiger partial charge in [0.1, 0.15) is 11.4 Å². The summed E-state index contributed by atoms with van der Waals surface area (Å²) >= 11 is 1.76. The molecule has 4 heteroatoms. The minimum atomic E-state index is -0.0201. The Hall–Kier alpha value is -1.94. The highest BCUT2D eigenvalue weighted by Crippen LogP contribution is 2.51. The van der Waals surface area contributed by atoms with Gasteiger partial charge in [0.25, 0.3) is 0 Å².